The van der Waals surface area contributed by atoms with E-state index in [1.54, 1.807) is 4.31 Å². The summed E-state index contributed by atoms with van der Waals surface area (Å²) in [4.78, 5) is 5.19. The van der Waals surface area contributed by atoms with Crippen LogP contribution >= 0.6 is 11.3 Å². The molecule has 0 bridgehead atoms. The van der Waals surface area contributed by atoms with Crippen molar-refractivity contribution in [3.05, 3.63) is 46.2 Å². The summed E-state index contributed by atoms with van der Waals surface area (Å²) in [5, 5.41) is 7.98. The molecule has 0 saturated carbocycles. The third kappa shape index (κ3) is 5.05. The number of hydrogen-bond acceptors (Lipinski definition) is 6. The summed E-state index contributed by atoms with van der Waals surface area (Å²) in [6.07, 6.45) is 4.53. The number of thiophene rings is 1. The van der Waals surface area contributed by atoms with Crippen molar-refractivity contribution in [1.29, 1.82) is 0 Å². The Bertz CT molecular complexity index is 1010. The lowest BCUT2D eigenvalue weighted by atomic mass is 10.1. The summed E-state index contributed by atoms with van der Waals surface area (Å²) in [5.74, 6) is 0.880. The van der Waals surface area contributed by atoms with Gasteiger partial charge in [-0.3, -0.25) is 4.31 Å². The van der Waals surface area contributed by atoms with Crippen LogP contribution in [-0.2, 0) is 21.5 Å². The summed E-state index contributed by atoms with van der Waals surface area (Å²) in [6.45, 7) is 4.78. The number of anilines is 1. The molecule has 2 aromatic rings. The lowest BCUT2D eigenvalue weighted by Gasteiger charge is -2.18. The van der Waals surface area contributed by atoms with Crippen molar-refractivity contribution in [3.8, 4) is 5.75 Å². The molecule has 2 heterocycles. The Morgan fingerprint density at radius 1 is 1.13 bits per heavy atom. The van der Waals surface area contributed by atoms with E-state index in [4.69, 9.17) is 9.57 Å². The number of rotatable bonds is 10. The van der Waals surface area contributed by atoms with Crippen LogP contribution in [0.4, 0.5) is 5.69 Å². The number of ether oxygens (including phenoxy) is 1. The highest BCUT2D eigenvalue weighted by Crippen LogP contribution is 2.28. The second kappa shape index (κ2) is 10.0. The molecule has 1 aromatic heterocycles. The highest BCUT2D eigenvalue weighted by molar-refractivity contribution is 7.90. The van der Waals surface area contributed by atoms with Crippen LogP contribution in [0.2, 0.25) is 0 Å². The zero-order valence-electron chi connectivity index (χ0n) is 17.8. The average Bonchev–Trinajstić information content (AvgIpc) is 3.48. The maximum Gasteiger partial charge on any atom is 0.304 e. The molecule has 7 nitrogen and oxygen atoms in total. The third-order valence-corrected chi connectivity index (χ3v) is 8.23. The highest BCUT2D eigenvalue weighted by atomic mass is 32.2. The Kier molecular flexibility index (Phi) is 7.14. The predicted molar refractivity (Wildman–Crippen MR) is 124 cm³/mol. The van der Waals surface area contributed by atoms with Gasteiger partial charge in [-0.25, -0.2) is 0 Å². The van der Waals surface area contributed by atoms with Gasteiger partial charge in [0, 0.05) is 30.6 Å². The van der Waals surface area contributed by atoms with Crippen molar-refractivity contribution in [2.45, 2.75) is 39.0 Å². The molecule has 1 aliphatic carbocycles. The predicted octanol–water partition coefficient (Wildman–Crippen LogP) is 4.05. The first-order chi connectivity index (χ1) is 15.1. The van der Waals surface area contributed by atoms with Crippen molar-refractivity contribution < 1.29 is 18.0 Å². The standard InChI is InChI=1S/C22H29N3O4S2/c1-2-29-23-22-9-6-18-16-20(7-8-21(18)22)28-14-5-3-4-11-24-12-13-25(31(24,26)27)19-10-15-30-17-19/h7-8,10,15-17H,2-6,9,11-14H2,1H3/b23-22+. The lowest BCUT2D eigenvalue weighted by molar-refractivity contribution is 0.158. The monoisotopic (exact) mass is 463 g/mol. The molecule has 0 N–H and O–H groups in total. The normalized spacial score (nSPS) is 19.1. The van der Waals surface area contributed by atoms with Gasteiger partial charge < -0.3 is 9.57 Å². The average molecular weight is 464 g/mol. The van der Waals surface area contributed by atoms with Gasteiger partial charge in [-0.1, -0.05) is 5.16 Å². The van der Waals surface area contributed by atoms with Gasteiger partial charge in [-0.15, -0.1) is 0 Å². The van der Waals surface area contributed by atoms with Crippen LogP contribution in [0.15, 0.2) is 40.2 Å². The SMILES string of the molecule is CCO/N=C1\CCc2cc(OCCCCCN3CCN(c4ccsc4)S3(=O)=O)ccc21. The molecule has 31 heavy (non-hydrogen) atoms. The number of benzene rings is 1. The van der Waals surface area contributed by atoms with Crippen LogP contribution in [0, 0.1) is 0 Å². The van der Waals surface area contributed by atoms with E-state index in [1.165, 1.54) is 21.2 Å². The van der Waals surface area contributed by atoms with E-state index < -0.39 is 10.2 Å². The van der Waals surface area contributed by atoms with E-state index in [2.05, 4.69) is 17.3 Å². The second-order valence-corrected chi connectivity index (χ2v) is 10.3. The van der Waals surface area contributed by atoms with Gasteiger partial charge in [0.2, 0.25) is 0 Å². The molecule has 168 valence electrons. The molecular formula is C22H29N3O4S2. The molecule has 2 aliphatic rings. The topological polar surface area (TPSA) is 71.4 Å². The molecule has 1 aromatic carbocycles. The minimum absolute atomic E-state index is 0.525. The maximum atomic E-state index is 12.7. The Balaban J connectivity index is 1.18. The van der Waals surface area contributed by atoms with E-state index in [0.29, 0.717) is 32.8 Å². The van der Waals surface area contributed by atoms with Crippen molar-refractivity contribution in [3.63, 3.8) is 0 Å². The fraction of sp³-hybridized carbons (Fsp3) is 0.500. The largest absolute Gasteiger partial charge is 0.494 e. The quantitative estimate of drug-likeness (QED) is 0.394. The van der Waals surface area contributed by atoms with E-state index >= 15 is 0 Å². The number of nitrogens with zero attached hydrogens (tertiary/aromatic N) is 3. The van der Waals surface area contributed by atoms with E-state index in [0.717, 1.165) is 54.8 Å². The minimum atomic E-state index is -3.38. The Hall–Kier alpha value is -2.10. The molecule has 9 heteroatoms. The van der Waals surface area contributed by atoms with Gasteiger partial charge in [0.05, 0.1) is 18.0 Å². The molecule has 4 rings (SSSR count). The third-order valence-electron chi connectivity index (χ3n) is 5.59. The molecular weight excluding hydrogens is 434 g/mol. The van der Waals surface area contributed by atoms with E-state index in [-0.39, 0.29) is 0 Å². The zero-order chi connectivity index (χ0) is 21.7. The van der Waals surface area contributed by atoms with Gasteiger partial charge in [0.25, 0.3) is 0 Å². The zero-order valence-corrected chi connectivity index (χ0v) is 19.5. The Morgan fingerprint density at radius 3 is 2.84 bits per heavy atom. The van der Waals surface area contributed by atoms with Gasteiger partial charge in [-0.05, 0) is 74.2 Å². The van der Waals surface area contributed by atoms with Crippen molar-refractivity contribution >= 4 is 32.9 Å². The first-order valence-corrected chi connectivity index (χ1v) is 13.2. The van der Waals surface area contributed by atoms with Crippen molar-refractivity contribution in [1.82, 2.24) is 4.31 Å². The number of fused-ring (bicyclic) bond motifs is 1. The minimum Gasteiger partial charge on any atom is -0.494 e. The smallest absolute Gasteiger partial charge is 0.304 e. The number of hydrogen-bond donors (Lipinski definition) is 0. The van der Waals surface area contributed by atoms with E-state index in [9.17, 15) is 8.42 Å². The van der Waals surface area contributed by atoms with Crippen molar-refractivity contribution in [2.75, 3.05) is 37.2 Å². The Morgan fingerprint density at radius 2 is 2.03 bits per heavy atom. The van der Waals surface area contributed by atoms with Gasteiger partial charge in [0.1, 0.15) is 12.4 Å². The van der Waals surface area contributed by atoms with Gasteiger partial charge in [-0.2, -0.15) is 24.1 Å². The molecule has 1 fully saturated rings. The molecule has 1 aliphatic heterocycles. The van der Waals surface area contributed by atoms with Crippen LogP contribution in [0.1, 0.15) is 43.7 Å². The van der Waals surface area contributed by atoms with Crippen LogP contribution in [0.25, 0.3) is 0 Å². The highest BCUT2D eigenvalue weighted by Gasteiger charge is 2.36. The maximum absolute atomic E-state index is 12.7. The lowest BCUT2D eigenvalue weighted by Crippen LogP contribution is -2.33. The summed E-state index contributed by atoms with van der Waals surface area (Å²) in [6, 6.07) is 8.00. The van der Waals surface area contributed by atoms with Crippen LogP contribution in [0.3, 0.4) is 0 Å². The first kappa shape index (κ1) is 22.1. The van der Waals surface area contributed by atoms with Crippen LogP contribution in [0.5, 0.6) is 5.75 Å². The summed E-state index contributed by atoms with van der Waals surface area (Å²) < 4.78 is 34.4. The first-order valence-electron chi connectivity index (χ1n) is 10.8. The number of oxime groups is 1. The molecule has 0 amide bonds. The Labute approximate surface area is 188 Å². The van der Waals surface area contributed by atoms with E-state index in [1.807, 2.05) is 29.8 Å². The number of unbranched alkanes of at least 4 members (excludes halogenated alkanes) is 2. The molecule has 0 unspecified atom stereocenters. The van der Waals surface area contributed by atoms with Gasteiger partial charge >= 0.3 is 10.2 Å². The molecule has 0 spiro atoms. The summed E-state index contributed by atoms with van der Waals surface area (Å²) in [5.41, 5.74) is 4.19. The molecule has 0 atom stereocenters. The fourth-order valence-corrected chi connectivity index (χ4v) is 6.34. The fourth-order valence-electron chi connectivity index (χ4n) is 3.99. The molecule has 1 saturated heterocycles. The second-order valence-electron chi connectivity index (χ2n) is 7.64. The van der Waals surface area contributed by atoms with Crippen molar-refractivity contribution in [2.24, 2.45) is 5.16 Å². The molecule has 0 radical (unpaired) electrons. The summed E-state index contributed by atoms with van der Waals surface area (Å²) >= 11 is 1.51. The summed E-state index contributed by atoms with van der Waals surface area (Å²) in [7, 11) is -3.38. The number of aryl methyl sites for hydroxylation is 1. The van der Waals surface area contributed by atoms with Gasteiger partial charge in [0.15, 0.2) is 0 Å². The van der Waals surface area contributed by atoms with Crippen LogP contribution < -0.4 is 9.04 Å². The van der Waals surface area contributed by atoms with Crippen LogP contribution in [-0.4, -0.2) is 51.3 Å².